The molecule has 0 aliphatic carbocycles. The number of morpholine rings is 1. The van der Waals surface area contributed by atoms with Crippen LogP contribution in [0.25, 0.3) is 0 Å². The van der Waals surface area contributed by atoms with E-state index in [-0.39, 0.29) is 5.75 Å². The van der Waals surface area contributed by atoms with Crippen LogP contribution in [-0.4, -0.2) is 68.3 Å². The van der Waals surface area contributed by atoms with Crippen LogP contribution >= 0.6 is 0 Å². The first-order valence-corrected chi connectivity index (χ1v) is 9.15. The maximum atomic E-state index is 14.2. The molecule has 5 nitrogen and oxygen atoms in total. The first-order valence-electron chi connectivity index (χ1n) is 9.15. The van der Waals surface area contributed by atoms with E-state index in [2.05, 4.69) is 11.8 Å². The molecule has 0 bridgehead atoms. The maximum Gasteiger partial charge on any atom is 0.259 e. The van der Waals surface area contributed by atoms with Crippen molar-refractivity contribution in [2.24, 2.45) is 5.92 Å². The summed E-state index contributed by atoms with van der Waals surface area (Å²) in [6, 6.07) is 2.51. The smallest absolute Gasteiger partial charge is 0.259 e. The number of methoxy groups -OCH3 is 1. The van der Waals surface area contributed by atoms with Crippen molar-refractivity contribution in [2.75, 3.05) is 46.5 Å². The number of amides is 1. The van der Waals surface area contributed by atoms with Gasteiger partial charge in [-0.1, -0.05) is 0 Å². The summed E-state index contributed by atoms with van der Waals surface area (Å²) in [5.74, 6) is -1.80. The van der Waals surface area contributed by atoms with Crippen LogP contribution in [0.2, 0.25) is 0 Å². The molecular weight excluding hydrogens is 342 g/mol. The molecule has 144 valence electrons. The molecule has 2 saturated heterocycles. The molecule has 1 aromatic carbocycles. The van der Waals surface area contributed by atoms with Crippen LogP contribution in [0.15, 0.2) is 12.1 Å². The number of hydrogen-bond donors (Lipinski definition) is 0. The molecule has 0 N–H and O–H groups in total. The minimum atomic E-state index is -0.879. The first-order chi connectivity index (χ1) is 12.5. The van der Waals surface area contributed by atoms with E-state index in [4.69, 9.17) is 9.47 Å². The fraction of sp³-hybridized carbons (Fsp3) is 0.632. The van der Waals surface area contributed by atoms with E-state index in [1.807, 2.05) is 0 Å². The second-order valence-electron chi connectivity index (χ2n) is 6.98. The number of nitrogens with zero attached hydrogens (tertiary/aromatic N) is 2. The van der Waals surface area contributed by atoms with Crippen molar-refractivity contribution in [2.45, 2.75) is 25.8 Å². The van der Waals surface area contributed by atoms with Crippen LogP contribution in [0.1, 0.15) is 30.1 Å². The standard InChI is InChI=1S/C19H26F2N2O3/c1-13(22-7-9-26-10-8-22)14-3-5-23(6-4-14)19(24)18-16(20)11-15(25-2)12-17(18)21/h11-14H,3-10H2,1-2H3/t13-/m1/s1. The van der Waals surface area contributed by atoms with Gasteiger partial charge in [0.1, 0.15) is 22.9 Å². The SMILES string of the molecule is COc1cc(F)c(C(=O)N2CCC([C@@H](C)N3CCOCC3)CC2)c(F)c1. The fourth-order valence-corrected chi connectivity index (χ4v) is 3.90. The summed E-state index contributed by atoms with van der Waals surface area (Å²) in [7, 11) is 1.33. The zero-order chi connectivity index (χ0) is 18.7. The zero-order valence-corrected chi connectivity index (χ0v) is 15.3. The zero-order valence-electron chi connectivity index (χ0n) is 15.3. The molecular formula is C19H26F2N2O3. The largest absolute Gasteiger partial charge is 0.497 e. The Morgan fingerprint density at radius 2 is 1.73 bits per heavy atom. The summed E-state index contributed by atoms with van der Waals surface area (Å²) in [6.07, 6.45) is 1.67. The van der Waals surface area contributed by atoms with E-state index in [0.29, 0.717) is 25.0 Å². The lowest BCUT2D eigenvalue weighted by molar-refractivity contribution is -0.00100. The van der Waals surface area contributed by atoms with Gasteiger partial charge in [0, 0.05) is 44.4 Å². The van der Waals surface area contributed by atoms with Gasteiger partial charge in [0.15, 0.2) is 0 Å². The van der Waals surface area contributed by atoms with Crippen molar-refractivity contribution >= 4 is 5.91 Å². The van der Waals surface area contributed by atoms with E-state index in [1.165, 1.54) is 7.11 Å². The third-order valence-electron chi connectivity index (χ3n) is 5.60. The highest BCUT2D eigenvalue weighted by atomic mass is 19.1. The van der Waals surface area contributed by atoms with Crippen molar-refractivity contribution in [1.82, 2.24) is 9.80 Å². The summed E-state index contributed by atoms with van der Waals surface area (Å²) in [5, 5.41) is 0. The molecule has 26 heavy (non-hydrogen) atoms. The Balaban J connectivity index is 1.62. The molecule has 7 heteroatoms. The van der Waals surface area contributed by atoms with Gasteiger partial charge in [-0.15, -0.1) is 0 Å². The van der Waals surface area contributed by atoms with Gasteiger partial charge in [-0.2, -0.15) is 0 Å². The van der Waals surface area contributed by atoms with Gasteiger partial charge < -0.3 is 14.4 Å². The molecule has 0 radical (unpaired) electrons. The van der Waals surface area contributed by atoms with Crippen LogP contribution in [-0.2, 0) is 4.74 Å². The molecule has 2 aliphatic heterocycles. The Labute approximate surface area is 152 Å². The Morgan fingerprint density at radius 3 is 2.27 bits per heavy atom. The molecule has 3 rings (SSSR count). The normalized spacial score (nSPS) is 20.8. The van der Waals surface area contributed by atoms with Crippen LogP contribution < -0.4 is 4.74 Å². The van der Waals surface area contributed by atoms with E-state index < -0.39 is 23.1 Å². The van der Waals surface area contributed by atoms with E-state index in [9.17, 15) is 13.6 Å². The third kappa shape index (κ3) is 3.99. The number of hydrogen-bond acceptors (Lipinski definition) is 4. The molecule has 2 fully saturated rings. The lowest BCUT2D eigenvalue weighted by atomic mass is 9.89. The average Bonchev–Trinajstić information content (AvgIpc) is 2.67. The van der Waals surface area contributed by atoms with Gasteiger partial charge in [0.2, 0.25) is 0 Å². The van der Waals surface area contributed by atoms with Crippen LogP contribution in [0.3, 0.4) is 0 Å². The maximum absolute atomic E-state index is 14.2. The predicted octanol–water partition coefficient (Wildman–Crippen LogP) is 2.55. The van der Waals surface area contributed by atoms with Crippen LogP contribution in [0, 0.1) is 17.6 Å². The second-order valence-corrected chi connectivity index (χ2v) is 6.98. The summed E-state index contributed by atoms with van der Waals surface area (Å²) < 4.78 is 38.6. The van der Waals surface area contributed by atoms with Gasteiger partial charge in [0.25, 0.3) is 5.91 Å². The van der Waals surface area contributed by atoms with Crippen LogP contribution in [0.4, 0.5) is 8.78 Å². The van der Waals surface area contributed by atoms with Gasteiger partial charge in [-0.05, 0) is 25.7 Å². The number of halogens is 2. The number of piperidine rings is 1. The predicted molar refractivity (Wildman–Crippen MR) is 93.4 cm³/mol. The Kier molecular flexibility index (Phi) is 6.09. The topological polar surface area (TPSA) is 42.0 Å². The summed E-state index contributed by atoms with van der Waals surface area (Å²) in [5.41, 5.74) is -0.495. The molecule has 1 amide bonds. The highest BCUT2D eigenvalue weighted by Crippen LogP contribution is 2.27. The number of carbonyl (C=O) groups is 1. The molecule has 0 spiro atoms. The molecule has 0 aromatic heterocycles. The third-order valence-corrected chi connectivity index (χ3v) is 5.60. The van der Waals surface area contributed by atoms with Crippen molar-refractivity contribution in [3.63, 3.8) is 0 Å². The number of likely N-dealkylation sites (tertiary alicyclic amines) is 1. The number of benzene rings is 1. The van der Waals surface area contributed by atoms with Crippen molar-refractivity contribution in [1.29, 1.82) is 0 Å². The summed E-state index contributed by atoms with van der Waals surface area (Å²) >= 11 is 0. The monoisotopic (exact) mass is 368 g/mol. The number of rotatable bonds is 4. The lowest BCUT2D eigenvalue weighted by Crippen LogP contribution is -2.49. The number of carbonyl (C=O) groups excluding carboxylic acids is 1. The Hall–Kier alpha value is -1.73. The molecule has 2 aliphatic rings. The molecule has 1 atom stereocenters. The fourth-order valence-electron chi connectivity index (χ4n) is 3.90. The van der Waals surface area contributed by atoms with Crippen molar-refractivity contribution in [3.8, 4) is 5.75 Å². The van der Waals surface area contributed by atoms with Gasteiger partial charge in [-0.3, -0.25) is 9.69 Å². The van der Waals surface area contributed by atoms with Crippen molar-refractivity contribution in [3.05, 3.63) is 29.3 Å². The summed E-state index contributed by atoms with van der Waals surface area (Å²) in [6.45, 7) is 6.64. The van der Waals surface area contributed by atoms with Crippen molar-refractivity contribution < 1.29 is 23.0 Å². The minimum Gasteiger partial charge on any atom is -0.497 e. The summed E-state index contributed by atoms with van der Waals surface area (Å²) in [4.78, 5) is 16.6. The molecule has 1 aromatic rings. The Morgan fingerprint density at radius 1 is 1.15 bits per heavy atom. The van der Waals surface area contributed by atoms with Gasteiger partial charge in [0.05, 0.1) is 20.3 Å². The van der Waals surface area contributed by atoms with E-state index >= 15 is 0 Å². The van der Waals surface area contributed by atoms with E-state index in [1.54, 1.807) is 4.90 Å². The minimum absolute atomic E-state index is 0.0644. The van der Waals surface area contributed by atoms with Gasteiger partial charge in [-0.25, -0.2) is 8.78 Å². The quantitative estimate of drug-likeness (QED) is 0.819. The highest BCUT2D eigenvalue weighted by Gasteiger charge is 2.32. The highest BCUT2D eigenvalue weighted by molar-refractivity contribution is 5.95. The number of ether oxygens (including phenoxy) is 2. The van der Waals surface area contributed by atoms with E-state index in [0.717, 1.165) is 51.3 Å². The first kappa shape index (κ1) is 19.0. The van der Waals surface area contributed by atoms with Gasteiger partial charge >= 0.3 is 0 Å². The average molecular weight is 368 g/mol. The Bertz CT molecular complexity index is 619. The molecule has 0 saturated carbocycles. The lowest BCUT2D eigenvalue weighted by Gasteiger charge is -2.41. The molecule has 2 heterocycles. The van der Waals surface area contributed by atoms with Crippen LogP contribution in [0.5, 0.6) is 5.75 Å². The second kappa shape index (κ2) is 8.31. The molecule has 0 unspecified atom stereocenters.